The molecule has 2 heterocycles. The standard InChI is InChI=1S/C14H24N2S/c1-3-12-6-8-16(9-7-12)14(11(2)15)13-5-4-10-17-13/h4-5,10-12,14H,3,6-9,15H2,1-2H3. The first-order valence-electron chi connectivity index (χ1n) is 6.75. The molecule has 17 heavy (non-hydrogen) atoms. The Balaban J connectivity index is 2.03. The molecule has 2 rings (SSSR count). The van der Waals surface area contributed by atoms with Crippen LogP contribution in [0.15, 0.2) is 17.5 Å². The van der Waals surface area contributed by atoms with Gasteiger partial charge in [0.25, 0.3) is 0 Å². The SMILES string of the molecule is CCC1CCN(C(c2cccs2)C(C)N)CC1. The van der Waals surface area contributed by atoms with Gasteiger partial charge in [-0.05, 0) is 50.2 Å². The van der Waals surface area contributed by atoms with E-state index in [0.29, 0.717) is 6.04 Å². The number of nitrogens with two attached hydrogens (primary N) is 1. The van der Waals surface area contributed by atoms with Crippen molar-refractivity contribution in [2.75, 3.05) is 13.1 Å². The predicted octanol–water partition coefficient (Wildman–Crippen LogP) is 3.26. The maximum absolute atomic E-state index is 6.19. The van der Waals surface area contributed by atoms with Crippen molar-refractivity contribution in [3.8, 4) is 0 Å². The van der Waals surface area contributed by atoms with Gasteiger partial charge in [0.2, 0.25) is 0 Å². The molecule has 1 saturated heterocycles. The van der Waals surface area contributed by atoms with Crippen molar-refractivity contribution < 1.29 is 0 Å². The Morgan fingerprint density at radius 3 is 2.65 bits per heavy atom. The summed E-state index contributed by atoms with van der Waals surface area (Å²) in [5.74, 6) is 0.934. The Kier molecular flexibility index (Phi) is 4.60. The number of piperidine rings is 1. The van der Waals surface area contributed by atoms with E-state index < -0.39 is 0 Å². The van der Waals surface area contributed by atoms with E-state index >= 15 is 0 Å². The molecule has 1 aromatic heterocycles. The van der Waals surface area contributed by atoms with E-state index in [9.17, 15) is 0 Å². The molecule has 1 aliphatic heterocycles. The second-order valence-corrected chi connectivity index (χ2v) is 6.19. The lowest BCUT2D eigenvalue weighted by atomic mass is 9.92. The van der Waals surface area contributed by atoms with Gasteiger partial charge in [-0.15, -0.1) is 11.3 Å². The van der Waals surface area contributed by atoms with Gasteiger partial charge in [0.05, 0.1) is 6.04 Å². The van der Waals surface area contributed by atoms with Crippen LogP contribution in [0.5, 0.6) is 0 Å². The maximum Gasteiger partial charge on any atom is 0.0590 e. The Labute approximate surface area is 109 Å². The summed E-state index contributed by atoms with van der Waals surface area (Å²) < 4.78 is 0. The summed E-state index contributed by atoms with van der Waals surface area (Å²) >= 11 is 1.84. The molecule has 2 N–H and O–H groups in total. The highest BCUT2D eigenvalue weighted by molar-refractivity contribution is 7.10. The van der Waals surface area contributed by atoms with Crippen LogP contribution in [0.2, 0.25) is 0 Å². The lowest BCUT2D eigenvalue weighted by Gasteiger charge is -2.38. The van der Waals surface area contributed by atoms with Gasteiger partial charge in [-0.2, -0.15) is 0 Å². The highest BCUT2D eigenvalue weighted by atomic mass is 32.1. The lowest BCUT2D eigenvalue weighted by molar-refractivity contribution is 0.119. The number of hydrogen-bond acceptors (Lipinski definition) is 3. The number of likely N-dealkylation sites (tertiary alicyclic amines) is 1. The maximum atomic E-state index is 6.19. The van der Waals surface area contributed by atoms with E-state index in [-0.39, 0.29) is 6.04 Å². The monoisotopic (exact) mass is 252 g/mol. The summed E-state index contributed by atoms with van der Waals surface area (Å²) in [6.07, 6.45) is 4.01. The van der Waals surface area contributed by atoms with Gasteiger partial charge in [-0.1, -0.05) is 19.4 Å². The van der Waals surface area contributed by atoms with Crippen LogP contribution >= 0.6 is 11.3 Å². The first kappa shape index (κ1) is 13.1. The van der Waals surface area contributed by atoms with Gasteiger partial charge in [0.1, 0.15) is 0 Å². The second kappa shape index (κ2) is 5.98. The van der Waals surface area contributed by atoms with Crippen molar-refractivity contribution in [1.29, 1.82) is 0 Å². The summed E-state index contributed by atoms with van der Waals surface area (Å²) in [7, 11) is 0. The number of hydrogen-bond donors (Lipinski definition) is 1. The molecule has 1 aromatic rings. The Bertz CT molecular complexity index is 313. The van der Waals surface area contributed by atoms with Crippen LogP contribution in [-0.2, 0) is 0 Å². The Morgan fingerprint density at radius 2 is 2.18 bits per heavy atom. The van der Waals surface area contributed by atoms with Crippen LogP contribution in [0.1, 0.15) is 44.0 Å². The molecule has 0 amide bonds. The molecule has 2 nitrogen and oxygen atoms in total. The fraction of sp³-hybridized carbons (Fsp3) is 0.714. The molecular formula is C14H24N2S. The van der Waals surface area contributed by atoms with E-state index in [2.05, 4.69) is 36.3 Å². The van der Waals surface area contributed by atoms with Gasteiger partial charge in [0, 0.05) is 10.9 Å². The topological polar surface area (TPSA) is 29.3 Å². The van der Waals surface area contributed by atoms with Crippen LogP contribution in [0.4, 0.5) is 0 Å². The van der Waals surface area contributed by atoms with Crippen LogP contribution in [-0.4, -0.2) is 24.0 Å². The summed E-state index contributed by atoms with van der Waals surface area (Å²) in [6, 6.07) is 5.00. The zero-order valence-electron chi connectivity index (χ0n) is 10.9. The lowest BCUT2D eigenvalue weighted by Crippen LogP contribution is -2.43. The van der Waals surface area contributed by atoms with Gasteiger partial charge in [-0.3, -0.25) is 4.90 Å². The average Bonchev–Trinajstić information content (AvgIpc) is 2.83. The highest BCUT2D eigenvalue weighted by Crippen LogP contribution is 2.31. The zero-order valence-corrected chi connectivity index (χ0v) is 11.7. The van der Waals surface area contributed by atoms with Gasteiger partial charge >= 0.3 is 0 Å². The number of nitrogens with zero attached hydrogens (tertiary/aromatic N) is 1. The first-order valence-corrected chi connectivity index (χ1v) is 7.63. The van der Waals surface area contributed by atoms with Crippen molar-refractivity contribution >= 4 is 11.3 Å². The normalized spacial score (nSPS) is 22.5. The molecule has 0 radical (unpaired) electrons. The van der Waals surface area contributed by atoms with Crippen LogP contribution < -0.4 is 5.73 Å². The van der Waals surface area contributed by atoms with Crippen molar-refractivity contribution in [2.45, 2.75) is 45.2 Å². The molecular weight excluding hydrogens is 228 g/mol. The van der Waals surface area contributed by atoms with Gasteiger partial charge < -0.3 is 5.73 Å². The fourth-order valence-corrected chi connectivity index (χ4v) is 3.85. The van der Waals surface area contributed by atoms with Crippen LogP contribution in [0, 0.1) is 5.92 Å². The molecule has 0 aliphatic carbocycles. The molecule has 0 spiro atoms. The van der Waals surface area contributed by atoms with Crippen LogP contribution in [0.3, 0.4) is 0 Å². The molecule has 0 aromatic carbocycles. The summed E-state index contributed by atoms with van der Waals surface area (Å²) in [6.45, 7) is 6.87. The highest BCUT2D eigenvalue weighted by Gasteiger charge is 2.28. The Hall–Kier alpha value is -0.380. The molecule has 2 atom stereocenters. The van der Waals surface area contributed by atoms with E-state index in [1.54, 1.807) is 0 Å². The second-order valence-electron chi connectivity index (χ2n) is 5.21. The fourth-order valence-electron chi connectivity index (χ4n) is 2.87. The van der Waals surface area contributed by atoms with Crippen molar-refractivity contribution in [3.63, 3.8) is 0 Å². The molecule has 0 saturated carbocycles. The minimum Gasteiger partial charge on any atom is -0.326 e. The van der Waals surface area contributed by atoms with Crippen molar-refractivity contribution in [2.24, 2.45) is 11.7 Å². The molecule has 0 bridgehead atoms. The predicted molar refractivity (Wildman–Crippen MR) is 75.3 cm³/mol. The number of thiophene rings is 1. The Morgan fingerprint density at radius 1 is 1.47 bits per heavy atom. The number of rotatable bonds is 4. The smallest absolute Gasteiger partial charge is 0.0590 e. The van der Waals surface area contributed by atoms with E-state index in [1.807, 2.05) is 11.3 Å². The van der Waals surface area contributed by atoms with Crippen molar-refractivity contribution in [3.05, 3.63) is 22.4 Å². The third-order valence-electron chi connectivity index (χ3n) is 3.95. The quantitative estimate of drug-likeness (QED) is 0.891. The average molecular weight is 252 g/mol. The molecule has 1 aliphatic rings. The van der Waals surface area contributed by atoms with Crippen molar-refractivity contribution in [1.82, 2.24) is 4.90 Å². The summed E-state index contributed by atoms with van der Waals surface area (Å²) in [4.78, 5) is 4.01. The summed E-state index contributed by atoms with van der Waals surface area (Å²) in [5.41, 5.74) is 6.19. The minimum absolute atomic E-state index is 0.215. The molecule has 1 fully saturated rings. The van der Waals surface area contributed by atoms with E-state index in [4.69, 9.17) is 5.73 Å². The summed E-state index contributed by atoms with van der Waals surface area (Å²) in [5, 5.41) is 2.16. The molecule has 96 valence electrons. The third kappa shape index (κ3) is 3.09. The van der Waals surface area contributed by atoms with E-state index in [0.717, 1.165) is 5.92 Å². The van der Waals surface area contributed by atoms with E-state index in [1.165, 1.54) is 37.2 Å². The third-order valence-corrected chi connectivity index (χ3v) is 4.90. The largest absolute Gasteiger partial charge is 0.326 e. The van der Waals surface area contributed by atoms with Gasteiger partial charge in [-0.25, -0.2) is 0 Å². The zero-order chi connectivity index (χ0) is 12.3. The molecule has 3 heteroatoms. The minimum atomic E-state index is 0.215. The van der Waals surface area contributed by atoms with Crippen LogP contribution in [0.25, 0.3) is 0 Å². The van der Waals surface area contributed by atoms with Gasteiger partial charge in [0.15, 0.2) is 0 Å². The first-order chi connectivity index (χ1) is 8.22. The molecule has 2 unspecified atom stereocenters.